The minimum absolute atomic E-state index is 0.0678. The van der Waals surface area contributed by atoms with Crippen molar-refractivity contribution in [3.63, 3.8) is 0 Å². The van der Waals surface area contributed by atoms with E-state index < -0.39 is 12.2 Å². The van der Waals surface area contributed by atoms with Gasteiger partial charge >= 0.3 is 0 Å². The zero-order chi connectivity index (χ0) is 12.8. The lowest BCUT2D eigenvalue weighted by atomic mass is 10.1. The van der Waals surface area contributed by atoms with Crippen molar-refractivity contribution in [3.05, 3.63) is 29.8 Å². The van der Waals surface area contributed by atoms with Crippen molar-refractivity contribution in [1.29, 1.82) is 0 Å². The molecule has 94 valence electrons. The molecule has 0 aliphatic rings. The van der Waals surface area contributed by atoms with Crippen LogP contribution in [0.1, 0.15) is 18.6 Å². The summed E-state index contributed by atoms with van der Waals surface area (Å²) < 4.78 is 0. The summed E-state index contributed by atoms with van der Waals surface area (Å²) in [5, 5.41) is 22.5. The van der Waals surface area contributed by atoms with E-state index in [2.05, 4.69) is 5.32 Å². The van der Waals surface area contributed by atoms with Gasteiger partial charge in [-0.05, 0) is 17.7 Å². The van der Waals surface area contributed by atoms with Gasteiger partial charge in [0.15, 0.2) is 5.12 Å². The van der Waals surface area contributed by atoms with E-state index in [1.807, 2.05) is 19.2 Å². The maximum Gasteiger partial charge on any atom is 0.185 e. The van der Waals surface area contributed by atoms with Gasteiger partial charge in [-0.25, -0.2) is 0 Å². The number of carbonyl (C=O) groups excluding carboxylic acids is 1. The summed E-state index contributed by atoms with van der Waals surface area (Å²) in [6, 6.07) is 7.14. The molecule has 2 unspecified atom stereocenters. The highest BCUT2D eigenvalue weighted by molar-refractivity contribution is 8.13. The fraction of sp³-hybridized carbons (Fsp3) is 0.417. The summed E-state index contributed by atoms with van der Waals surface area (Å²) in [5.41, 5.74) is 1.58. The van der Waals surface area contributed by atoms with Gasteiger partial charge in [-0.1, -0.05) is 23.9 Å². The van der Waals surface area contributed by atoms with Crippen LogP contribution >= 0.6 is 11.8 Å². The largest absolute Gasteiger partial charge is 0.389 e. The quantitative estimate of drug-likeness (QED) is 0.742. The zero-order valence-corrected chi connectivity index (χ0v) is 10.7. The SMILES string of the molecule is CNc1ccc(C(O)C(O)CSC(C)=O)cc1. The molecule has 0 fully saturated rings. The Hall–Kier alpha value is -1.04. The van der Waals surface area contributed by atoms with Crippen LogP contribution in [0, 0.1) is 0 Å². The Labute approximate surface area is 105 Å². The smallest absolute Gasteiger partial charge is 0.185 e. The topological polar surface area (TPSA) is 69.6 Å². The summed E-state index contributed by atoms with van der Waals surface area (Å²) in [5.74, 6) is 0.199. The van der Waals surface area contributed by atoms with E-state index in [1.165, 1.54) is 6.92 Å². The first-order valence-electron chi connectivity index (χ1n) is 5.31. The van der Waals surface area contributed by atoms with Gasteiger partial charge < -0.3 is 15.5 Å². The molecule has 4 nitrogen and oxygen atoms in total. The van der Waals surface area contributed by atoms with E-state index in [-0.39, 0.29) is 10.9 Å². The Morgan fingerprint density at radius 2 is 1.94 bits per heavy atom. The third kappa shape index (κ3) is 4.38. The highest BCUT2D eigenvalue weighted by Gasteiger charge is 2.18. The number of nitrogens with one attached hydrogen (secondary N) is 1. The van der Waals surface area contributed by atoms with Crippen molar-refractivity contribution < 1.29 is 15.0 Å². The second-order valence-corrected chi connectivity index (χ2v) is 4.88. The summed E-state index contributed by atoms with van der Waals surface area (Å²) >= 11 is 1.01. The van der Waals surface area contributed by atoms with Crippen molar-refractivity contribution in [1.82, 2.24) is 0 Å². The van der Waals surface area contributed by atoms with E-state index in [4.69, 9.17) is 0 Å². The fourth-order valence-electron chi connectivity index (χ4n) is 1.36. The number of carbonyl (C=O) groups is 1. The van der Waals surface area contributed by atoms with Gasteiger partial charge in [-0.15, -0.1) is 0 Å². The molecule has 3 N–H and O–H groups in total. The van der Waals surface area contributed by atoms with E-state index >= 15 is 0 Å². The van der Waals surface area contributed by atoms with E-state index in [0.717, 1.165) is 17.4 Å². The molecular formula is C12H17NO3S. The molecule has 0 aliphatic carbocycles. The Bertz CT molecular complexity index is 367. The van der Waals surface area contributed by atoms with Gasteiger partial charge in [-0.2, -0.15) is 0 Å². The number of hydrogen-bond donors (Lipinski definition) is 3. The first kappa shape index (κ1) is 14.0. The van der Waals surface area contributed by atoms with Crippen LogP contribution in [0.4, 0.5) is 5.69 Å². The Morgan fingerprint density at radius 1 is 1.35 bits per heavy atom. The van der Waals surface area contributed by atoms with Crippen LogP contribution < -0.4 is 5.32 Å². The number of anilines is 1. The lowest BCUT2D eigenvalue weighted by Gasteiger charge is -2.17. The van der Waals surface area contributed by atoms with Crippen LogP contribution in [0.5, 0.6) is 0 Å². The van der Waals surface area contributed by atoms with Crippen LogP contribution in [-0.4, -0.2) is 34.2 Å². The number of thioether (sulfide) groups is 1. The van der Waals surface area contributed by atoms with E-state index in [9.17, 15) is 15.0 Å². The molecule has 1 aromatic carbocycles. The van der Waals surface area contributed by atoms with Crippen LogP contribution in [0.2, 0.25) is 0 Å². The molecule has 0 spiro atoms. The third-order valence-electron chi connectivity index (χ3n) is 2.36. The average molecular weight is 255 g/mol. The summed E-state index contributed by atoms with van der Waals surface area (Å²) in [4.78, 5) is 10.8. The molecule has 0 heterocycles. The minimum atomic E-state index is -0.965. The molecule has 1 aromatic rings. The normalized spacial score (nSPS) is 14.1. The van der Waals surface area contributed by atoms with Crippen molar-refractivity contribution in [2.45, 2.75) is 19.1 Å². The molecule has 0 saturated heterocycles. The first-order valence-corrected chi connectivity index (χ1v) is 6.30. The van der Waals surface area contributed by atoms with Crippen molar-refractivity contribution in [3.8, 4) is 0 Å². The molecule has 5 heteroatoms. The zero-order valence-electron chi connectivity index (χ0n) is 9.88. The van der Waals surface area contributed by atoms with Crippen molar-refractivity contribution >= 4 is 22.6 Å². The van der Waals surface area contributed by atoms with Crippen LogP contribution in [0.25, 0.3) is 0 Å². The molecule has 0 bridgehead atoms. The highest BCUT2D eigenvalue weighted by Crippen LogP contribution is 2.21. The van der Waals surface area contributed by atoms with Crippen LogP contribution in [0.3, 0.4) is 0 Å². The molecule has 17 heavy (non-hydrogen) atoms. The number of benzene rings is 1. The van der Waals surface area contributed by atoms with Gasteiger partial charge in [0.1, 0.15) is 6.10 Å². The molecule has 0 aromatic heterocycles. The molecule has 0 saturated carbocycles. The van der Waals surface area contributed by atoms with Crippen molar-refractivity contribution in [2.24, 2.45) is 0 Å². The average Bonchev–Trinajstić information content (AvgIpc) is 2.35. The van der Waals surface area contributed by atoms with Gasteiger partial charge in [0, 0.05) is 25.4 Å². The number of aliphatic hydroxyl groups excluding tert-OH is 2. The number of hydrogen-bond acceptors (Lipinski definition) is 5. The Kier molecular flexibility index (Phi) is 5.47. The number of rotatable bonds is 5. The predicted molar refractivity (Wildman–Crippen MR) is 70.1 cm³/mol. The maximum atomic E-state index is 10.8. The minimum Gasteiger partial charge on any atom is -0.389 e. The molecule has 2 atom stereocenters. The maximum absolute atomic E-state index is 10.8. The second kappa shape index (κ2) is 6.64. The second-order valence-electron chi connectivity index (χ2n) is 3.69. The van der Waals surface area contributed by atoms with Gasteiger partial charge in [0.2, 0.25) is 0 Å². The fourth-order valence-corrected chi connectivity index (χ4v) is 1.95. The van der Waals surface area contributed by atoms with E-state index in [0.29, 0.717) is 5.56 Å². The summed E-state index contributed by atoms with van der Waals surface area (Å²) in [7, 11) is 1.81. The number of aliphatic hydroxyl groups is 2. The monoisotopic (exact) mass is 255 g/mol. The first-order chi connectivity index (χ1) is 8.04. The summed E-state index contributed by atoms with van der Waals surface area (Å²) in [6.07, 6.45) is -1.91. The Morgan fingerprint density at radius 3 is 2.41 bits per heavy atom. The molecule has 0 amide bonds. The third-order valence-corrected chi connectivity index (χ3v) is 3.28. The lowest BCUT2D eigenvalue weighted by Crippen LogP contribution is -2.21. The van der Waals surface area contributed by atoms with E-state index in [1.54, 1.807) is 12.1 Å². The standard InChI is InChI=1S/C12H17NO3S/c1-8(14)17-7-11(15)12(16)9-3-5-10(13-2)6-4-9/h3-6,11-13,15-16H,7H2,1-2H3. The molecular weight excluding hydrogens is 238 g/mol. The van der Waals surface area contributed by atoms with Crippen molar-refractivity contribution in [2.75, 3.05) is 18.1 Å². The molecule has 0 radical (unpaired) electrons. The summed E-state index contributed by atoms with van der Waals surface area (Å²) in [6.45, 7) is 1.44. The van der Waals surface area contributed by atoms with Crippen LogP contribution in [0.15, 0.2) is 24.3 Å². The van der Waals surface area contributed by atoms with Gasteiger partial charge in [0.05, 0.1) is 6.10 Å². The van der Waals surface area contributed by atoms with Gasteiger partial charge in [0.25, 0.3) is 0 Å². The lowest BCUT2D eigenvalue weighted by molar-refractivity contribution is -0.109. The van der Waals surface area contributed by atoms with Crippen LogP contribution in [-0.2, 0) is 4.79 Å². The Balaban J connectivity index is 2.60. The predicted octanol–water partition coefficient (Wildman–Crippen LogP) is 1.40. The van der Waals surface area contributed by atoms with Gasteiger partial charge in [-0.3, -0.25) is 4.79 Å². The molecule has 0 aliphatic heterocycles. The highest BCUT2D eigenvalue weighted by atomic mass is 32.2. The molecule has 1 rings (SSSR count).